The van der Waals surface area contributed by atoms with Crippen LogP contribution in [0.4, 0.5) is 5.69 Å². The molecule has 0 saturated heterocycles. The van der Waals surface area contributed by atoms with E-state index in [1.165, 1.54) is 11.8 Å². The fourth-order valence-corrected chi connectivity index (χ4v) is 4.51. The van der Waals surface area contributed by atoms with Gasteiger partial charge in [0.05, 0.1) is 12.8 Å². The van der Waals surface area contributed by atoms with Crippen LogP contribution in [0.2, 0.25) is 0 Å². The molecule has 0 aliphatic carbocycles. The quantitative estimate of drug-likeness (QED) is 0.452. The lowest BCUT2D eigenvalue weighted by atomic mass is 10.2. The van der Waals surface area contributed by atoms with E-state index in [2.05, 4.69) is 33.0 Å². The summed E-state index contributed by atoms with van der Waals surface area (Å²) in [6, 6.07) is 17.4. The first kappa shape index (κ1) is 18.5. The van der Waals surface area contributed by atoms with Gasteiger partial charge in [-0.2, -0.15) is 0 Å². The first-order valence-corrected chi connectivity index (χ1v) is 10.6. The number of aromatic nitrogens is 3. The number of carbonyl (C=O) groups is 1. The van der Waals surface area contributed by atoms with Gasteiger partial charge in [-0.1, -0.05) is 42.1 Å². The van der Waals surface area contributed by atoms with Crippen molar-refractivity contribution in [1.29, 1.82) is 0 Å². The molecule has 1 N–H and O–H groups in total. The standard InChI is InChI=1S/C20H18N4O2S2/c1-26-16-9-7-15(8-10-16)21-18(25)11-12-27-19-22-23-20-24(19)17(13-28-20)14-5-3-2-4-6-14/h2-10,13H,11-12H2,1H3,(H,21,25). The van der Waals surface area contributed by atoms with Gasteiger partial charge in [0.2, 0.25) is 10.9 Å². The molecule has 0 radical (unpaired) electrons. The molecule has 0 aliphatic heterocycles. The Hall–Kier alpha value is -2.84. The van der Waals surface area contributed by atoms with Gasteiger partial charge in [-0.3, -0.25) is 9.20 Å². The van der Waals surface area contributed by atoms with E-state index in [1.807, 2.05) is 46.9 Å². The first-order chi connectivity index (χ1) is 13.7. The summed E-state index contributed by atoms with van der Waals surface area (Å²) in [5.74, 6) is 1.34. The molecule has 0 unspecified atom stereocenters. The lowest BCUT2D eigenvalue weighted by Crippen LogP contribution is -2.12. The van der Waals surface area contributed by atoms with E-state index < -0.39 is 0 Å². The van der Waals surface area contributed by atoms with Gasteiger partial charge < -0.3 is 10.1 Å². The van der Waals surface area contributed by atoms with Crippen molar-refractivity contribution in [3.8, 4) is 17.0 Å². The predicted octanol–water partition coefficient (Wildman–Crippen LogP) is 4.59. The number of benzene rings is 2. The van der Waals surface area contributed by atoms with Crippen LogP contribution >= 0.6 is 23.1 Å². The summed E-state index contributed by atoms with van der Waals surface area (Å²) in [7, 11) is 1.61. The molecule has 4 rings (SSSR count). The van der Waals surface area contributed by atoms with Gasteiger partial charge in [0.15, 0.2) is 5.16 Å². The predicted molar refractivity (Wildman–Crippen MR) is 113 cm³/mol. The summed E-state index contributed by atoms with van der Waals surface area (Å²) in [6.07, 6.45) is 0.385. The summed E-state index contributed by atoms with van der Waals surface area (Å²) < 4.78 is 7.17. The minimum absolute atomic E-state index is 0.0352. The number of hydrogen-bond acceptors (Lipinski definition) is 6. The second-order valence-electron chi connectivity index (χ2n) is 5.96. The largest absolute Gasteiger partial charge is 0.497 e. The van der Waals surface area contributed by atoms with Gasteiger partial charge in [0.1, 0.15) is 5.75 Å². The normalized spacial score (nSPS) is 10.9. The van der Waals surface area contributed by atoms with Crippen LogP contribution < -0.4 is 10.1 Å². The van der Waals surface area contributed by atoms with Crippen LogP contribution in [0.5, 0.6) is 5.75 Å². The fraction of sp³-hybridized carbons (Fsp3) is 0.150. The molecule has 1 amide bonds. The maximum atomic E-state index is 12.2. The number of thiazole rings is 1. The molecule has 0 bridgehead atoms. The molecular weight excluding hydrogens is 392 g/mol. The maximum absolute atomic E-state index is 12.2. The molecule has 8 heteroatoms. The molecule has 2 heterocycles. The van der Waals surface area contributed by atoms with E-state index in [9.17, 15) is 4.79 Å². The Morgan fingerprint density at radius 3 is 2.68 bits per heavy atom. The molecule has 0 saturated carbocycles. The van der Waals surface area contributed by atoms with Crippen molar-refractivity contribution in [3.05, 3.63) is 60.0 Å². The van der Waals surface area contributed by atoms with Crippen LogP contribution in [-0.2, 0) is 4.79 Å². The topological polar surface area (TPSA) is 68.5 Å². The highest BCUT2D eigenvalue weighted by atomic mass is 32.2. The van der Waals surface area contributed by atoms with E-state index in [4.69, 9.17) is 4.74 Å². The number of amides is 1. The number of rotatable bonds is 7. The third-order valence-corrected chi connectivity index (χ3v) is 5.87. The Morgan fingerprint density at radius 2 is 1.93 bits per heavy atom. The molecule has 0 spiro atoms. The Labute approximate surface area is 170 Å². The van der Waals surface area contributed by atoms with Crippen molar-refractivity contribution >= 4 is 39.7 Å². The number of carbonyl (C=O) groups excluding carboxylic acids is 1. The highest BCUT2D eigenvalue weighted by Crippen LogP contribution is 2.30. The van der Waals surface area contributed by atoms with Crippen LogP contribution in [-0.4, -0.2) is 33.4 Å². The van der Waals surface area contributed by atoms with Crippen molar-refractivity contribution in [2.45, 2.75) is 11.6 Å². The second-order valence-corrected chi connectivity index (χ2v) is 7.86. The number of anilines is 1. The highest BCUT2D eigenvalue weighted by Gasteiger charge is 2.14. The Balaban J connectivity index is 1.39. The number of fused-ring (bicyclic) bond motifs is 1. The first-order valence-electron chi connectivity index (χ1n) is 8.69. The van der Waals surface area contributed by atoms with Crippen molar-refractivity contribution in [3.63, 3.8) is 0 Å². The summed E-state index contributed by atoms with van der Waals surface area (Å²) in [4.78, 5) is 13.1. The molecule has 142 valence electrons. The second kappa shape index (κ2) is 8.45. The Morgan fingerprint density at radius 1 is 1.14 bits per heavy atom. The molecule has 28 heavy (non-hydrogen) atoms. The van der Waals surface area contributed by atoms with E-state index >= 15 is 0 Å². The molecule has 4 aromatic rings. The zero-order valence-electron chi connectivity index (χ0n) is 15.2. The number of nitrogens with zero attached hydrogens (tertiary/aromatic N) is 3. The average molecular weight is 411 g/mol. The smallest absolute Gasteiger partial charge is 0.225 e. The minimum Gasteiger partial charge on any atom is -0.497 e. The van der Waals surface area contributed by atoms with Gasteiger partial charge in [0.25, 0.3) is 0 Å². The maximum Gasteiger partial charge on any atom is 0.225 e. The van der Waals surface area contributed by atoms with Crippen LogP contribution in [0.15, 0.2) is 65.1 Å². The number of ether oxygens (including phenoxy) is 1. The summed E-state index contributed by atoms with van der Waals surface area (Å²) in [5.41, 5.74) is 2.94. The lowest BCUT2D eigenvalue weighted by molar-refractivity contribution is -0.115. The Bertz CT molecular complexity index is 1070. The lowest BCUT2D eigenvalue weighted by Gasteiger charge is -2.06. The van der Waals surface area contributed by atoms with Gasteiger partial charge in [0, 0.05) is 23.2 Å². The summed E-state index contributed by atoms with van der Waals surface area (Å²) in [5, 5.41) is 14.3. The third kappa shape index (κ3) is 4.02. The van der Waals surface area contributed by atoms with Gasteiger partial charge >= 0.3 is 0 Å². The zero-order chi connectivity index (χ0) is 19.3. The molecule has 6 nitrogen and oxygen atoms in total. The number of thioether (sulfide) groups is 1. The summed E-state index contributed by atoms with van der Waals surface area (Å²) in [6.45, 7) is 0. The Kier molecular flexibility index (Phi) is 5.59. The molecule has 2 aromatic carbocycles. The molecule has 0 atom stereocenters. The van der Waals surface area contributed by atoms with Crippen molar-refractivity contribution in [1.82, 2.24) is 14.6 Å². The monoisotopic (exact) mass is 410 g/mol. The fourth-order valence-electron chi connectivity index (χ4n) is 2.73. The molecular formula is C20H18N4O2S2. The van der Waals surface area contributed by atoms with Crippen LogP contribution in [0.1, 0.15) is 6.42 Å². The average Bonchev–Trinajstić information content (AvgIpc) is 3.32. The van der Waals surface area contributed by atoms with Crippen LogP contribution in [0, 0.1) is 0 Å². The SMILES string of the molecule is COc1ccc(NC(=O)CCSc2nnc3scc(-c4ccccc4)n23)cc1. The zero-order valence-corrected chi connectivity index (χ0v) is 16.8. The van der Waals surface area contributed by atoms with E-state index in [-0.39, 0.29) is 5.91 Å². The summed E-state index contributed by atoms with van der Waals surface area (Å²) >= 11 is 3.09. The van der Waals surface area contributed by atoms with Gasteiger partial charge in [-0.05, 0) is 29.8 Å². The number of nitrogens with one attached hydrogen (secondary N) is 1. The number of hydrogen-bond donors (Lipinski definition) is 1. The van der Waals surface area contributed by atoms with E-state index in [0.717, 1.165) is 32.8 Å². The molecule has 0 aliphatic rings. The van der Waals surface area contributed by atoms with Gasteiger partial charge in [-0.15, -0.1) is 21.5 Å². The van der Waals surface area contributed by atoms with Crippen molar-refractivity contribution < 1.29 is 9.53 Å². The van der Waals surface area contributed by atoms with E-state index in [0.29, 0.717) is 12.2 Å². The van der Waals surface area contributed by atoms with Crippen molar-refractivity contribution in [2.24, 2.45) is 0 Å². The van der Waals surface area contributed by atoms with E-state index in [1.54, 1.807) is 18.4 Å². The minimum atomic E-state index is -0.0352. The highest BCUT2D eigenvalue weighted by molar-refractivity contribution is 7.99. The molecule has 2 aromatic heterocycles. The van der Waals surface area contributed by atoms with Crippen LogP contribution in [0.3, 0.4) is 0 Å². The van der Waals surface area contributed by atoms with Crippen LogP contribution in [0.25, 0.3) is 16.2 Å². The third-order valence-electron chi connectivity index (χ3n) is 4.12. The molecule has 0 fully saturated rings. The van der Waals surface area contributed by atoms with Gasteiger partial charge in [-0.25, -0.2) is 0 Å². The van der Waals surface area contributed by atoms with Crippen molar-refractivity contribution in [2.75, 3.05) is 18.2 Å². The number of methoxy groups -OCH3 is 1.